The Kier molecular flexibility index (Phi) is 7.36. The number of rotatable bonds is 8. The van der Waals surface area contributed by atoms with Crippen LogP contribution in [0.15, 0.2) is 47.0 Å². The molecule has 2 amide bonds. The second kappa shape index (κ2) is 11.1. The largest absolute Gasteiger partial charge is 0.462 e. The van der Waals surface area contributed by atoms with Crippen LogP contribution in [0, 0.1) is 13.8 Å². The number of ether oxygens (including phenoxy) is 1. The monoisotopic (exact) mass is 542 g/mol. The number of urea groups is 1. The zero-order chi connectivity index (χ0) is 27.8. The van der Waals surface area contributed by atoms with Crippen LogP contribution in [0.4, 0.5) is 10.5 Å². The first-order valence-corrected chi connectivity index (χ1v) is 14.6. The van der Waals surface area contributed by atoms with E-state index in [0.29, 0.717) is 24.1 Å². The summed E-state index contributed by atoms with van der Waals surface area (Å²) in [5, 5.41) is 11.4. The van der Waals surface area contributed by atoms with E-state index in [1.54, 1.807) is 25.1 Å². The number of nitrogens with zero attached hydrogens (tertiary/aromatic N) is 2. The van der Waals surface area contributed by atoms with Crippen molar-refractivity contribution in [1.82, 2.24) is 15.4 Å². The number of aryl methyl sites for hydroxylation is 2. The van der Waals surface area contributed by atoms with E-state index in [0.717, 1.165) is 73.3 Å². The Balaban J connectivity index is 1.11. The van der Waals surface area contributed by atoms with Gasteiger partial charge in [0.25, 0.3) is 0 Å². The third kappa shape index (κ3) is 5.24. The molecule has 2 saturated heterocycles. The third-order valence-electron chi connectivity index (χ3n) is 8.68. The molecule has 2 unspecified atom stereocenters. The van der Waals surface area contributed by atoms with E-state index in [2.05, 4.69) is 47.0 Å². The molecule has 1 aliphatic carbocycles. The first-order chi connectivity index (χ1) is 19.4. The highest BCUT2D eigenvalue weighted by Gasteiger charge is 2.43. The lowest BCUT2D eigenvalue weighted by Gasteiger charge is -2.39. The van der Waals surface area contributed by atoms with Crippen molar-refractivity contribution in [2.45, 2.75) is 89.9 Å². The maximum atomic E-state index is 13.4. The van der Waals surface area contributed by atoms with Crippen LogP contribution in [0.3, 0.4) is 0 Å². The van der Waals surface area contributed by atoms with Crippen molar-refractivity contribution in [3.05, 3.63) is 70.5 Å². The molecule has 2 aliphatic heterocycles. The number of carbonyl (C=O) groups is 2. The molecule has 1 saturated carbocycles. The van der Waals surface area contributed by atoms with Crippen molar-refractivity contribution in [1.29, 1.82) is 0 Å². The molecule has 1 aromatic heterocycles. The van der Waals surface area contributed by atoms with E-state index < -0.39 is 0 Å². The summed E-state index contributed by atoms with van der Waals surface area (Å²) in [7, 11) is 0. The fourth-order valence-corrected chi connectivity index (χ4v) is 6.46. The molecule has 3 aliphatic rings. The van der Waals surface area contributed by atoms with E-state index in [1.807, 2.05) is 11.8 Å². The minimum atomic E-state index is -0.349. The van der Waals surface area contributed by atoms with Crippen molar-refractivity contribution in [2.24, 2.45) is 0 Å². The lowest BCUT2D eigenvalue weighted by Crippen LogP contribution is -2.52. The van der Waals surface area contributed by atoms with Gasteiger partial charge in [-0.05, 0) is 88.6 Å². The quantitative estimate of drug-likeness (QED) is 0.323. The topological polar surface area (TPSA) is 96.7 Å². The van der Waals surface area contributed by atoms with Gasteiger partial charge in [0.05, 0.1) is 12.2 Å². The van der Waals surface area contributed by atoms with Gasteiger partial charge in [-0.3, -0.25) is 0 Å². The van der Waals surface area contributed by atoms with Gasteiger partial charge in [-0.1, -0.05) is 29.4 Å². The number of hydrogen-bond donors (Lipinski definition) is 2. The summed E-state index contributed by atoms with van der Waals surface area (Å²) in [6, 6.07) is 14.3. The van der Waals surface area contributed by atoms with Gasteiger partial charge in [0.15, 0.2) is 0 Å². The summed E-state index contributed by atoms with van der Waals surface area (Å²) in [4.78, 5) is 27.5. The van der Waals surface area contributed by atoms with E-state index in [4.69, 9.17) is 9.26 Å². The molecule has 2 N–H and O–H groups in total. The van der Waals surface area contributed by atoms with E-state index >= 15 is 0 Å². The first-order valence-electron chi connectivity index (χ1n) is 14.6. The number of hydrogen-bond acceptors (Lipinski definition) is 6. The Bertz CT molecular complexity index is 1400. The molecule has 2 bridgehead atoms. The van der Waals surface area contributed by atoms with Crippen molar-refractivity contribution in [2.75, 3.05) is 11.9 Å². The van der Waals surface area contributed by atoms with Crippen LogP contribution in [0.5, 0.6) is 0 Å². The molecule has 0 radical (unpaired) electrons. The van der Waals surface area contributed by atoms with E-state index in [9.17, 15) is 9.59 Å². The van der Waals surface area contributed by atoms with Gasteiger partial charge < -0.3 is 24.8 Å². The van der Waals surface area contributed by atoms with Gasteiger partial charge in [0.2, 0.25) is 0 Å². The summed E-state index contributed by atoms with van der Waals surface area (Å²) < 4.78 is 11.0. The standard InChI is InChI=1S/C32H38N4O4/c1-4-39-31(37)22-11-14-28(20(3)15-22)34-32(38)36-24-12-13-25(36)17-23(16-24)33-18-27-29(26-8-6-5-7-19(26)2)35-40-30(27)21-9-10-21/h5-8,11,14-15,21,23-25,33H,4,9-10,12-13,16-18H2,1-3H3,(H,34,38). The number of aromatic nitrogens is 1. The summed E-state index contributed by atoms with van der Waals surface area (Å²) in [5.41, 5.74) is 6.53. The Labute approximate surface area is 235 Å². The summed E-state index contributed by atoms with van der Waals surface area (Å²) in [5.74, 6) is 1.17. The Morgan fingerprint density at radius 1 is 1.02 bits per heavy atom. The molecule has 3 heterocycles. The van der Waals surface area contributed by atoms with Crippen molar-refractivity contribution >= 4 is 17.7 Å². The number of fused-ring (bicyclic) bond motifs is 2. The lowest BCUT2D eigenvalue weighted by atomic mass is 9.96. The van der Waals surface area contributed by atoms with Crippen molar-refractivity contribution in [3.63, 3.8) is 0 Å². The summed E-state index contributed by atoms with van der Waals surface area (Å²) in [6.45, 7) is 6.86. The second-order valence-corrected chi connectivity index (χ2v) is 11.5. The highest BCUT2D eigenvalue weighted by Crippen LogP contribution is 2.44. The first kappa shape index (κ1) is 26.6. The van der Waals surface area contributed by atoms with Gasteiger partial charge in [0, 0.05) is 47.4 Å². The van der Waals surface area contributed by atoms with Crippen LogP contribution in [-0.4, -0.2) is 46.8 Å². The predicted molar refractivity (Wildman–Crippen MR) is 153 cm³/mol. The molecule has 3 aromatic rings. The molecule has 40 heavy (non-hydrogen) atoms. The molecule has 6 rings (SSSR count). The van der Waals surface area contributed by atoms with Crippen LogP contribution < -0.4 is 10.6 Å². The number of carbonyl (C=O) groups excluding carboxylic acids is 2. The molecule has 0 spiro atoms. The summed E-state index contributed by atoms with van der Waals surface area (Å²) in [6.07, 6.45) is 6.22. The maximum absolute atomic E-state index is 13.4. The number of piperidine rings is 1. The average molecular weight is 543 g/mol. The van der Waals surface area contributed by atoms with E-state index in [1.165, 1.54) is 11.1 Å². The highest BCUT2D eigenvalue weighted by atomic mass is 16.5. The van der Waals surface area contributed by atoms with Gasteiger partial charge in [-0.2, -0.15) is 0 Å². The van der Waals surface area contributed by atoms with Crippen LogP contribution in [0.25, 0.3) is 11.3 Å². The number of benzene rings is 2. The normalized spacial score (nSPS) is 21.9. The highest BCUT2D eigenvalue weighted by molar-refractivity contribution is 5.93. The molecule has 210 valence electrons. The fraction of sp³-hybridized carbons (Fsp3) is 0.469. The SMILES string of the molecule is CCOC(=O)c1ccc(NC(=O)N2C3CCC2CC(NCc2c(-c4ccccc4C)noc2C2CC2)C3)c(C)c1. The maximum Gasteiger partial charge on any atom is 0.338 e. The Morgan fingerprint density at radius 2 is 1.77 bits per heavy atom. The van der Waals surface area contributed by atoms with Crippen molar-refractivity contribution < 1.29 is 18.8 Å². The molecule has 3 fully saturated rings. The smallest absolute Gasteiger partial charge is 0.338 e. The minimum absolute atomic E-state index is 0.0603. The molecular formula is C32H38N4O4. The minimum Gasteiger partial charge on any atom is -0.462 e. The van der Waals surface area contributed by atoms with Gasteiger partial charge in [0.1, 0.15) is 11.5 Å². The number of esters is 1. The molecule has 2 atom stereocenters. The second-order valence-electron chi connectivity index (χ2n) is 11.5. The molecule has 8 heteroatoms. The zero-order valence-corrected chi connectivity index (χ0v) is 23.5. The van der Waals surface area contributed by atoms with E-state index in [-0.39, 0.29) is 24.1 Å². The van der Waals surface area contributed by atoms with Gasteiger partial charge >= 0.3 is 12.0 Å². The number of amides is 2. The van der Waals surface area contributed by atoms with Crippen LogP contribution in [-0.2, 0) is 11.3 Å². The predicted octanol–water partition coefficient (Wildman–Crippen LogP) is 6.33. The fourth-order valence-electron chi connectivity index (χ4n) is 6.46. The van der Waals surface area contributed by atoms with Crippen molar-refractivity contribution in [3.8, 4) is 11.3 Å². The molecule has 2 aromatic carbocycles. The van der Waals surface area contributed by atoms with Gasteiger partial charge in [-0.25, -0.2) is 9.59 Å². The number of nitrogens with one attached hydrogen (secondary N) is 2. The Hall–Kier alpha value is -3.65. The van der Waals surface area contributed by atoms with Crippen LogP contribution in [0.2, 0.25) is 0 Å². The summed E-state index contributed by atoms with van der Waals surface area (Å²) >= 11 is 0. The van der Waals surface area contributed by atoms with Crippen LogP contribution in [0.1, 0.15) is 84.2 Å². The molecular weight excluding hydrogens is 504 g/mol. The zero-order valence-electron chi connectivity index (χ0n) is 23.5. The third-order valence-corrected chi connectivity index (χ3v) is 8.68. The van der Waals surface area contributed by atoms with Crippen LogP contribution >= 0.6 is 0 Å². The lowest BCUT2D eigenvalue weighted by molar-refractivity contribution is 0.0526. The Morgan fingerprint density at radius 3 is 2.45 bits per heavy atom. The average Bonchev–Trinajstić information content (AvgIpc) is 3.64. The number of anilines is 1. The molecule has 8 nitrogen and oxygen atoms in total. The van der Waals surface area contributed by atoms with Gasteiger partial charge in [-0.15, -0.1) is 0 Å².